The maximum absolute atomic E-state index is 12.3. The Morgan fingerprint density at radius 2 is 2.23 bits per heavy atom. The van der Waals surface area contributed by atoms with Crippen molar-refractivity contribution in [1.29, 1.82) is 0 Å². The number of carbonyl (C=O) groups excluding carboxylic acids is 1. The summed E-state index contributed by atoms with van der Waals surface area (Å²) >= 11 is 0. The van der Waals surface area contributed by atoms with Gasteiger partial charge in [-0.3, -0.25) is 9.69 Å². The molecule has 2 N–H and O–H groups in total. The maximum atomic E-state index is 12.3. The summed E-state index contributed by atoms with van der Waals surface area (Å²) in [4.78, 5) is 14.5. The lowest BCUT2D eigenvalue weighted by Crippen LogP contribution is -2.49. The summed E-state index contributed by atoms with van der Waals surface area (Å²) < 4.78 is 0. The van der Waals surface area contributed by atoms with Gasteiger partial charge in [-0.25, -0.2) is 0 Å². The monoisotopic (exact) mass is 304 g/mol. The summed E-state index contributed by atoms with van der Waals surface area (Å²) in [6, 6.07) is 8.17. The van der Waals surface area contributed by atoms with E-state index in [4.69, 9.17) is 0 Å². The fraction of sp³-hybridized carbons (Fsp3) is 0.611. The van der Waals surface area contributed by atoms with Gasteiger partial charge in [-0.05, 0) is 56.7 Å². The van der Waals surface area contributed by atoms with E-state index in [1.807, 2.05) is 19.1 Å². The number of amides is 1. The van der Waals surface area contributed by atoms with Crippen LogP contribution >= 0.6 is 0 Å². The first-order chi connectivity index (χ1) is 10.6. The number of rotatable bonds is 6. The van der Waals surface area contributed by atoms with Gasteiger partial charge in [0.25, 0.3) is 0 Å². The number of likely N-dealkylation sites (tertiary alicyclic amines) is 1. The van der Waals surface area contributed by atoms with Crippen molar-refractivity contribution >= 4 is 5.91 Å². The standard InChI is InChI=1S/C18H28N2O2/c1-14-6-3-4-8-17(14)9-10-19-18(22)15(2)20-11-5-7-16(12-20)13-21/h3-4,6,8,15-16,21H,5,7,9-13H2,1-2H3,(H,19,22). The van der Waals surface area contributed by atoms with E-state index >= 15 is 0 Å². The molecule has 1 aliphatic rings. The molecule has 122 valence electrons. The minimum absolute atomic E-state index is 0.0900. The van der Waals surface area contributed by atoms with Crippen molar-refractivity contribution in [2.75, 3.05) is 26.2 Å². The number of aliphatic hydroxyl groups is 1. The molecule has 1 saturated heterocycles. The van der Waals surface area contributed by atoms with Crippen LogP contribution in [0.1, 0.15) is 30.9 Å². The molecule has 1 aliphatic heterocycles. The number of benzene rings is 1. The predicted molar refractivity (Wildman–Crippen MR) is 88.7 cm³/mol. The Morgan fingerprint density at radius 1 is 1.45 bits per heavy atom. The number of aliphatic hydroxyl groups excluding tert-OH is 1. The first-order valence-corrected chi connectivity index (χ1v) is 8.29. The molecule has 1 aromatic rings. The van der Waals surface area contributed by atoms with Crippen LogP contribution in [-0.2, 0) is 11.2 Å². The highest BCUT2D eigenvalue weighted by molar-refractivity contribution is 5.81. The lowest BCUT2D eigenvalue weighted by atomic mass is 9.97. The highest BCUT2D eigenvalue weighted by Gasteiger charge is 2.26. The fourth-order valence-electron chi connectivity index (χ4n) is 3.12. The van der Waals surface area contributed by atoms with Crippen molar-refractivity contribution < 1.29 is 9.90 Å². The van der Waals surface area contributed by atoms with Crippen molar-refractivity contribution in [3.05, 3.63) is 35.4 Å². The molecule has 1 amide bonds. The van der Waals surface area contributed by atoms with Gasteiger partial charge in [0.05, 0.1) is 6.04 Å². The average molecular weight is 304 g/mol. The third-order valence-corrected chi connectivity index (χ3v) is 4.69. The Bertz CT molecular complexity index is 490. The molecule has 22 heavy (non-hydrogen) atoms. The van der Waals surface area contributed by atoms with E-state index in [-0.39, 0.29) is 18.6 Å². The second-order valence-electron chi connectivity index (χ2n) is 6.33. The molecule has 2 atom stereocenters. The van der Waals surface area contributed by atoms with Gasteiger partial charge in [-0.1, -0.05) is 24.3 Å². The Balaban J connectivity index is 1.78. The van der Waals surface area contributed by atoms with Gasteiger partial charge < -0.3 is 10.4 Å². The molecule has 0 aromatic heterocycles. The van der Waals surface area contributed by atoms with E-state index in [9.17, 15) is 9.90 Å². The predicted octanol–water partition coefficient (Wildman–Crippen LogP) is 1.75. The zero-order chi connectivity index (χ0) is 15.9. The van der Waals surface area contributed by atoms with Gasteiger partial charge in [-0.15, -0.1) is 0 Å². The van der Waals surface area contributed by atoms with E-state index in [1.165, 1.54) is 11.1 Å². The second-order valence-corrected chi connectivity index (χ2v) is 6.33. The van der Waals surface area contributed by atoms with Crippen LogP contribution in [-0.4, -0.2) is 48.2 Å². The van der Waals surface area contributed by atoms with Gasteiger partial charge in [-0.2, -0.15) is 0 Å². The molecular weight excluding hydrogens is 276 g/mol. The van der Waals surface area contributed by atoms with E-state index in [0.29, 0.717) is 12.5 Å². The molecule has 1 aromatic carbocycles. The van der Waals surface area contributed by atoms with Crippen LogP contribution < -0.4 is 5.32 Å². The zero-order valence-corrected chi connectivity index (χ0v) is 13.7. The summed E-state index contributed by atoms with van der Waals surface area (Å²) in [6.45, 7) is 6.72. The number of nitrogens with zero attached hydrogens (tertiary/aromatic N) is 1. The number of piperidine rings is 1. The summed E-state index contributed by atoms with van der Waals surface area (Å²) in [7, 11) is 0. The van der Waals surface area contributed by atoms with Crippen LogP contribution in [0.2, 0.25) is 0 Å². The van der Waals surface area contributed by atoms with Gasteiger partial charge >= 0.3 is 0 Å². The number of aryl methyl sites for hydroxylation is 1. The summed E-state index contributed by atoms with van der Waals surface area (Å²) in [6.07, 6.45) is 2.99. The van der Waals surface area contributed by atoms with E-state index in [1.54, 1.807) is 0 Å². The number of hydrogen-bond acceptors (Lipinski definition) is 3. The molecule has 0 saturated carbocycles. The van der Waals surface area contributed by atoms with Crippen LogP contribution in [0, 0.1) is 12.8 Å². The normalized spacial score (nSPS) is 20.6. The molecule has 0 aliphatic carbocycles. The Labute approximate surface area is 133 Å². The largest absolute Gasteiger partial charge is 0.396 e. The molecule has 2 rings (SSSR count). The van der Waals surface area contributed by atoms with Crippen LogP contribution in [0.25, 0.3) is 0 Å². The lowest BCUT2D eigenvalue weighted by Gasteiger charge is -2.35. The molecule has 1 fully saturated rings. The quantitative estimate of drug-likeness (QED) is 0.842. The lowest BCUT2D eigenvalue weighted by molar-refractivity contribution is -0.126. The van der Waals surface area contributed by atoms with Crippen LogP contribution in [0.5, 0.6) is 0 Å². The molecule has 4 nitrogen and oxygen atoms in total. The van der Waals surface area contributed by atoms with Gasteiger partial charge in [0.15, 0.2) is 0 Å². The summed E-state index contributed by atoms with van der Waals surface area (Å²) in [5, 5.41) is 12.3. The highest BCUT2D eigenvalue weighted by Crippen LogP contribution is 2.18. The van der Waals surface area contributed by atoms with Crippen LogP contribution in [0.4, 0.5) is 0 Å². The van der Waals surface area contributed by atoms with E-state index < -0.39 is 0 Å². The Hall–Kier alpha value is -1.39. The topological polar surface area (TPSA) is 52.6 Å². The first-order valence-electron chi connectivity index (χ1n) is 8.29. The smallest absolute Gasteiger partial charge is 0.237 e. The summed E-state index contributed by atoms with van der Waals surface area (Å²) in [5.74, 6) is 0.406. The molecule has 0 spiro atoms. The van der Waals surface area contributed by atoms with Crippen molar-refractivity contribution in [3.63, 3.8) is 0 Å². The Morgan fingerprint density at radius 3 is 2.95 bits per heavy atom. The number of carbonyl (C=O) groups is 1. The molecule has 0 radical (unpaired) electrons. The van der Waals surface area contributed by atoms with Crippen molar-refractivity contribution in [2.45, 2.75) is 39.2 Å². The molecule has 2 unspecified atom stereocenters. The maximum Gasteiger partial charge on any atom is 0.237 e. The minimum Gasteiger partial charge on any atom is -0.396 e. The Kier molecular flexibility index (Phi) is 6.40. The summed E-state index contributed by atoms with van der Waals surface area (Å²) in [5.41, 5.74) is 2.56. The highest BCUT2D eigenvalue weighted by atomic mass is 16.3. The van der Waals surface area contributed by atoms with Gasteiger partial charge in [0.1, 0.15) is 0 Å². The minimum atomic E-state index is -0.119. The van der Waals surface area contributed by atoms with Crippen LogP contribution in [0.15, 0.2) is 24.3 Å². The van der Waals surface area contributed by atoms with Crippen molar-refractivity contribution in [2.24, 2.45) is 5.92 Å². The second kappa shape index (κ2) is 8.30. The van der Waals surface area contributed by atoms with Crippen LogP contribution in [0.3, 0.4) is 0 Å². The molecule has 1 heterocycles. The average Bonchev–Trinajstić information content (AvgIpc) is 2.55. The first kappa shape index (κ1) is 17.0. The zero-order valence-electron chi connectivity index (χ0n) is 13.7. The fourth-order valence-corrected chi connectivity index (χ4v) is 3.12. The third-order valence-electron chi connectivity index (χ3n) is 4.69. The molecule has 4 heteroatoms. The van der Waals surface area contributed by atoms with Crippen molar-refractivity contribution in [1.82, 2.24) is 10.2 Å². The SMILES string of the molecule is Cc1ccccc1CCNC(=O)C(C)N1CCCC(CO)C1. The number of hydrogen-bond donors (Lipinski definition) is 2. The van der Waals surface area contributed by atoms with Gasteiger partial charge in [0, 0.05) is 19.7 Å². The molecular formula is C18H28N2O2. The third kappa shape index (κ3) is 4.55. The van der Waals surface area contributed by atoms with Crippen molar-refractivity contribution in [3.8, 4) is 0 Å². The van der Waals surface area contributed by atoms with E-state index in [0.717, 1.165) is 32.4 Å². The number of nitrogens with one attached hydrogen (secondary N) is 1. The van der Waals surface area contributed by atoms with E-state index in [2.05, 4.69) is 29.3 Å². The molecule has 0 bridgehead atoms. The van der Waals surface area contributed by atoms with Gasteiger partial charge in [0.2, 0.25) is 5.91 Å².